The molecular formula is C30H36N8O. The van der Waals surface area contributed by atoms with Gasteiger partial charge in [0.15, 0.2) is 0 Å². The Morgan fingerprint density at radius 1 is 1.03 bits per heavy atom. The third-order valence-corrected chi connectivity index (χ3v) is 7.03. The highest BCUT2D eigenvalue weighted by atomic mass is 16.1. The molecule has 9 heteroatoms. The van der Waals surface area contributed by atoms with Gasteiger partial charge in [0.05, 0.1) is 5.69 Å². The van der Waals surface area contributed by atoms with Crippen molar-refractivity contribution in [3.8, 4) is 11.3 Å². The lowest BCUT2D eigenvalue weighted by Crippen LogP contribution is -2.36. The number of fused-ring (bicyclic) bond motifs is 1. The maximum atomic E-state index is 13.0. The van der Waals surface area contributed by atoms with E-state index in [2.05, 4.69) is 67.0 Å². The lowest BCUT2D eigenvalue weighted by Gasteiger charge is -2.28. The number of carbonyl (C=O) groups excluding carboxylic acids is 1. The number of aromatic amines is 1. The molecule has 0 aliphatic heterocycles. The van der Waals surface area contributed by atoms with Gasteiger partial charge in [0.25, 0.3) is 0 Å². The zero-order valence-electron chi connectivity index (χ0n) is 22.5. The molecule has 0 radical (unpaired) electrons. The Morgan fingerprint density at radius 2 is 1.87 bits per heavy atom. The molecule has 3 aromatic heterocycles. The van der Waals surface area contributed by atoms with E-state index in [1.54, 1.807) is 6.20 Å². The molecule has 1 saturated carbocycles. The SMILES string of the molecule is CN(C)C/C=C/CNC1CCC(C(=O)Nc2cccc(Nc3cc(-c4cnc5[nH]ccc5c4)ncn3)c2)CC1. The molecule has 3 heterocycles. The van der Waals surface area contributed by atoms with Gasteiger partial charge in [-0.15, -0.1) is 0 Å². The molecule has 4 N–H and O–H groups in total. The van der Waals surface area contributed by atoms with Crippen LogP contribution >= 0.6 is 0 Å². The number of nitrogens with one attached hydrogen (secondary N) is 4. The summed E-state index contributed by atoms with van der Waals surface area (Å²) < 4.78 is 0. The van der Waals surface area contributed by atoms with Crippen LogP contribution in [0.4, 0.5) is 17.2 Å². The number of hydrogen-bond donors (Lipinski definition) is 4. The Hall–Kier alpha value is -4.08. The molecule has 1 fully saturated rings. The highest BCUT2D eigenvalue weighted by Gasteiger charge is 2.26. The van der Waals surface area contributed by atoms with Crippen LogP contribution in [0.2, 0.25) is 0 Å². The summed E-state index contributed by atoms with van der Waals surface area (Å²) in [6.07, 6.45) is 13.4. The van der Waals surface area contributed by atoms with E-state index < -0.39 is 0 Å². The molecule has 1 aliphatic carbocycles. The smallest absolute Gasteiger partial charge is 0.227 e. The molecule has 202 valence electrons. The Morgan fingerprint density at radius 3 is 2.72 bits per heavy atom. The molecule has 5 rings (SSSR count). The minimum atomic E-state index is 0.0411. The van der Waals surface area contributed by atoms with Gasteiger partial charge in [0.2, 0.25) is 5.91 Å². The van der Waals surface area contributed by atoms with E-state index in [1.807, 2.05) is 48.7 Å². The van der Waals surface area contributed by atoms with Gasteiger partial charge in [-0.2, -0.15) is 0 Å². The summed E-state index contributed by atoms with van der Waals surface area (Å²) >= 11 is 0. The van der Waals surface area contributed by atoms with Gasteiger partial charge < -0.3 is 25.8 Å². The molecule has 39 heavy (non-hydrogen) atoms. The van der Waals surface area contributed by atoms with Crippen LogP contribution < -0.4 is 16.0 Å². The molecule has 0 bridgehead atoms. The average molecular weight is 525 g/mol. The number of benzene rings is 1. The fourth-order valence-electron chi connectivity index (χ4n) is 4.89. The normalized spacial score (nSPS) is 17.6. The number of amides is 1. The zero-order chi connectivity index (χ0) is 27.0. The van der Waals surface area contributed by atoms with Gasteiger partial charge in [-0.1, -0.05) is 18.2 Å². The van der Waals surface area contributed by atoms with E-state index in [9.17, 15) is 4.79 Å². The summed E-state index contributed by atoms with van der Waals surface area (Å²) in [6, 6.07) is 14.1. The van der Waals surface area contributed by atoms with Crippen LogP contribution in [0.1, 0.15) is 25.7 Å². The van der Waals surface area contributed by atoms with Crippen LogP contribution in [0.25, 0.3) is 22.3 Å². The van der Waals surface area contributed by atoms with Gasteiger partial charge >= 0.3 is 0 Å². The molecule has 9 nitrogen and oxygen atoms in total. The topological polar surface area (TPSA) is 111 Å². The Balaban J connectivity index is 1.14. The van der Waals surface area contributed by atoms with E-state index in [0.29, 0.717) is 11.9 Å². The third-order valence-electron chi connectivity index (χ3n) is 7.03. The first-order valence-electron chi connectivity index (χ1n) is 13.5. The number of H-pyrrole nitrogens is 1. The second kappa shape index (κ2) is 12.6. The molecule has 1 aliphatic rings. The number of hydrogen-bond acceptors (Lipinski definition) is 7. The fraction of sp³-hybridized carbons (Fsp3) is 0.333. The summed E-state index contributed by atoms with van der Waals surface area (Å²) in [5.41, 5.74) is 4.15. The Bertz CT molecular complexity index is 1420. The lowest BCUT2D eigenvalue weighted by molar-refractivity contribution is -0.120. The number of nitrogens with zero attached hydrogens (tertiary/aromatic N) is 4. The minimum absolute atomic E-state index is 0.0411. The molecule has 4 aromatic rings. The van der Waals surface area contributed by atoms with Gasteiger partial charge in [0.1, 0.15) is 17.8 Å². The Labute approximate surface area is 229 Å². The lowest BCUT2D eigenvalue weighted by atomic mass is 9.85. The van der Waals surface area contributed by atoms with Crippen LogP contribution in [-0.4, -0.2) is 64.0 Å². The third kappa shape index (κ3) is 7.28. The molecular weight excluding hydrogens is 488 g/mol. The van der Waals surface area contributed by atoms with Crippen molar-refractivity contribution >= 4 is 34.1 Å². The van der Waals surface area contributed by atoms with Crippen molar-refractivity contribution in [2.45, 2.75) is 31.7 Å². The summed E-state index contributed by atoms with van der Waals surface area (Å²) in [5.74, 6) is 0.799. The first-order chi connectivity index (χ1) is 19.0. The van der Waals surface area contributed by atoms with E-state index in [0.717, 1.165) is 72.4 Å². The highest BCUT2D eigenvalue weighted by molar-refractivity contribution is 5.93. The number of pyridine rings is 1. The number of aromatic nitrogens is 4. The van der Waals surface area contributed by atoms with Crippen molar-refractivity contribution in [3.05, 3.63) is 73.3 Å². The van der Waals surface area contributed by atoms with Crippen LogP contribution in [0.5, 0.6) is 0 Å². The van der Waals surface area contributed by atoms with Crippen LogP contribution in [-0.2, 0) is 4.79 Å². The standard InChI is InChI=1S/C30H36N8O/c1-38(2)15-4-3-13-31-24-10-8-21(9-11-24)30(39)37-26-7-5-6-25(17-26)36-28-18-27(34-20-35-28)23-16-22-12-14-32-29(22)33-19-23/h3-7,12,14,16-21,24,31H,8-11,13,15H2,1-2H3,(H,32,33)(H,37,39)(H,34,35,36)/b4-3+. The van der Waals surface area contributed by atoms with Gasteiger partial charge in [-0.05, 0) is 70.1 Å². The summed E-state index contributed by atoms with van der Waals surface area (Å²) in [5, 5.41) is 11.1. The van der Waals surface area contributed by atoms with E-state index in [4.69, 9.17) is 0 Å². The maximum absolute atomic E-state index is 13.0. The number of anilines is 3. The minimum Gasteiger partial charge on any atom is -0.346 e. The molecule has 1 amide bonds. The number of likely N-dealkylation sites (N-methyl/N-ethyl adjacent to an activating group) is 1. The molecule has 0 atom stereocenters. The maximum Gasteiger partial charge on any atom is 0.227 e. The van der Waals surface area contributed by atoms with Crippen molar-refractivity contribution in [1.29, 1.82) is 0 Å². The molecule has 1 aromatic carbocycles. The number of rotatable bonds is 10. The predicted octanol–water partition coefficient (Wildman–Crippen LogP) is 4.97. The summed E-state index contributed by atoms with van der Waals surface area (Å²) in [6.45, 7) is 1.83. The van der Waals surface area contributed by atoms with Crippen molar-refractivity contribution < 1.29 is 4.79 Å². The number of carbonyl (C=O) groups is 1. The second-order valence-corrected chi connectivity index (χ2v) is 10.3. The fourth-order valence-corrected chi connectivity index (χ4v) is 4.89. The molecule has 0 unspecified atom stereocenters. The first-order valence-corrected chi connectivity index (χ1v) is 13.5. The van der Waals surface area contributed by atoms with Crippen LogP contribution in [0.3, 0.4) is 0 Å². The summed E-state index contributed by atoms with van der Waals surface area (Å²) in [7, 11) is 4.13. The largest absolute Gasteiger partial charge is 0.346 e. The molecule has 0 saturated heterocycles. The molecule has 0 spiro atoms. The van der Waals surface area contributed by atoms with Crippen LogP contribution in [0, 0.1) is 5.92 Å². The van der Waals surface area contributed by atoms with E-state index in [1.165, 1.54) is 6.33 Å². The zero-order valence-corrected chi connectivity index (χ0v) is 22.5. The van der Waals surface area contributed by atoms with Crippen molar-refractivity contribution in [1.82, 2.24) is 30.2 Å². The van der Waals surface area contributed by atoms with Gasteiger partial charge in [0, 0.05) is 65.8 Å². The highest BCUT2D eigenvalue weighted by Crippen LogP contribution is 2.27. The van der Waals surface area contributed by atoms with Crippen molar-refractivity contribution in [3.63, 3.8) is 0 Å². The van der Waals surface area contributed by atoms with Gasteiger partial charge in [-0.3, -0.25) is 4.79 Å². The van der Waals surface area contributed by atoms with Gasteiger partial charge in [-0.25, -0.2) is 15.0 Å². The second-order valence-electron chi connectivity index (χ2n) is 10.3. The van der Waals surface area contributed by atoms with E-state index >= 15 is 0 Å². The monoisotopic (exact) mass is 524 g/mol. The van der Waals surface area contributed by atoms with E-state index in [-0.39, 0.29) is 11.8 Å². The predicted molar refractivity (Wildman–Crippen MR) is 157 cm³/mol. The first kappa shape index (κ1) is 26.5. The quantitative estimate of drug-likeness (QED) is 0.217. The average Bonchev–Trinajstić information content (AvgIpc) is 3.41. The Kier molecular flexibility index (Phi) is 8.60. The van der Waals surface area contributed by atoms with Crippen molar-refractivity contribution in [2.75, 3.05) is 37.8 Å². The summed E-state index contributed by atoms with van der Waals surface area (Å²) in [4.78, 5) is 31.5. The van der Waals surface area contributed by atoms with Crippen LogP contribution in [0.15, 0.2) is 73.3 Å². The van der Waals surface area contributed by atoms with Crippen molar-refractivity contribution in [2.24, 2.45) is 5.92 Å².